The van der Waals surface area contributed by atoms with Crippen molar-refractivity contribution < 1.29 is 4.74 Å². The molecule has 4 aromatic carbocycles. The van der Waals surface area contributed by atoms with Gasteiger partial charge in [-0.25, -0.2) is 9.97 Å². The Morgan fingerprint density at radius 3 is 2.60 bits per heavy atom. The Kier molecular flexibility index (Phi) is 5.56. The molecule has 3 aromatic heterocycles. The van der Waals surface area contributed by atoms with Crippen molar-refractivity contribution in [3.8, 4) is 11.4 Å². The van der Waals surface area contributed by atoms with Crippen LogP contribution < -0.4 is 9.64 Å². The summed E-state index contributed by atoms with van der Waals surface area (Å²) in [5, 5.41) is 2.56. The van der Waals surface area contributed by atoms with Gasteiger partial charge in [0.1, 0.15) is 23.2 Å². The monoisotopic (exact) mass is 626 g/mol. The molecule has 6 heteroatoms. The van der Waals surface area contributed by atoms with Crippen molar-refractivity contribution in [3.05, 3.63) is 162 Å². The first kappa shape index (κ1) is 26.7. The molecule has 3 aliphatic rings. The molecule has 2 atom stereocenters. The Labute approximate surface area is 276 Å². The van der Waals surface area contributed by atoms with E-state index in [0.717, 1.165) is 34.5 Å². The maximum Gasteiger partial charge on any atom is 0.141 e. The van der Waals surface area contributed by atoms with E-state index < -0.39 is 0 Å². The van der Waals surface area contributed by atoms with Gasteiger partial charge in [-0.3, -0.25) is 4.90 Å². The largest absolute Gasteiger partial charge is 0.458 e. The minimum absolute atomic E-state index is 0.0956. The molecule has 226 valence electrons. The second-order valence-corrected chi connectivity index (χ2v) is 14.2. The highest BCUT2D eigenvalue weighted by Crippen LogP contribution is 2.53. The van der Waals surface area contributed by atoms with Crippen molar-refractivity contribution in [2.45, 2.75) is 31.1 Å². The van der Waals surface area contributed by atoms with Crippen molar-refractivity contribution >= 4 is 48.7 Å². The van der Waals surface area contributed by atoms with Gasteiger partial charge in [-0.15, -0.1) is 11.3 Å². The number of anilines is 3. The fourth-order valence-electron chi connectivity index (χ4n) is 7.86. The van der Waals surface area contributed by atoms with E-state index in [0.29, 0.717) is 0 Å². The standard InChI is InChI=1S/C41H30N4OS/c1-41(2)33-13-8-18-42-40(33)45(36-23-31-30-12-4-6-15-37(30)47-38(31)24-34(36)41)25-9-7-10-26(21-25)46-27-16-17-28-29-11-3-5-14-35(29)44-20-19-43-39(44)32(28)22-27/h3-24,28,32H,1-2H3. The van der Waals surface area contributed by atoms with Gasteiger partial charge >= 0.3 is 0 Å². The fraction of sp³-hybridized carbons (Fsp3) is 0.122. The number of aromatic nitrogens is 3. The molecule has 2 aliphatic heterocycles. The Bertz CT molecular complexity index is 2470. The number of benzene rings is 4. The summed E-state index contributed by atoms with van der Waals surface area (Å²) in [7, 11) is 0. The number of hydrogen-bond donors (Lipinski definition) is 0. The number of thiophene rings is 1. The molecule has 5 nitrogen and oxygen atoms in total. The highest BCUT2D eigenvalue weighted by atomic mass is 32.1. The molecule has 0 amide bonds. The Morgan fingerprint density at radius 2 is 1.64 bits per heavy atom. The van der Waals surface area contributed by atoms with E-state index in [9.17, 15) is 0 Å². The lowest BCUT2D eigenvalue weighted by atomic mass is 9.74. The molecule has 0 saturated heterocycles. The maximum atomic E-state index is 6.64. The van der Waals surface area contributed by atoms with Gasteiger partial charge < -0.3 is 9.30 Å². The van der Waals surface area contributed by atoms with Crippen LogP contribution in [-0.2, 0) is 5.41 Å². The molecule has 0 fully saturated rings. The van der Waals surface area contributed by atoms with Crippen LogP contribution in [0.3, 0.4) is 0 Å². The predicted molar refractivity (Wildman–Crippen MR) is 191 cm³/mol. The lowest BCUT2D eigenvalue weighted by Crippen LogP contribution is -2.31. The molecular formula is C41H30N4OS. The van der Waals surface area contributed by atoms with Gasteiger partial charge in [0.05, 0.1) is 17.1 Å². The summed E-state index contributed by atoms with van der Waals surface area (Å²) in [6.45, 7) is 4.62. The molecule has 2 unspecified atom stereocenters. The van der Waals surface area contributed by atoms with Crippen molar-refractivity contribution in [3.63, 3.8) is 0 Å². The van der Waals surface area contributed by atoms with Gasteiger partial charge in [-0.05, 0) is 65.7 Å². The fourth-order valence-corrected chi connectivity index (χ4v) is 8.99. The number of rotatable bonds is 3. The van der Waals surface area contributed by atoms with Crippen LogP contribution in [0.2, 0.25) is 0 Å². The van der Waals surface area contributed by atoms with Crippen molar-refractivity contribution in [2.75, 3.05) is 4.90 Å². The van der Waals surface area contributed by atoms with Crippen LogP contribution in [0.15, 0.2) is 140 Å². The molecule has 0 saturated carbocycles. The van der Waals surface area contributed by atoms with Crippen molar-refractivity contribution in [1.29, 1.82) is 0 Å². The van der Waals surface area contributed by atoms with Crippen LogP contribution in [0.5, 0.6) is 5.75 Å². The predicted octanol–water partition coefficient (Wildman–Crippen LogP) is 10.5. The van der Waals surface area contributed by atoms with Crippen LogP contribution in [0.25, 0.3) is 25.9 Å². The summed E-state index contributed by atoms with van der Waals surface area (Å²) in [6.07, 6.45) is 12.4. The van der Waals surface area contributed by atoms with E-state index in [1.54, 1.807) is 0 Å². The van der Waals surface area contributed by atoms with Crippen molar-refractivity contribution in [2.24, 2.45) is 0 Å². The first-order valence-electron chi connectivity index (χ1n) is 16.1. The van der Waals surface area contributed by atoms with Crippen LogP contribution in [-0.4, -0.2) is 14.5 Å². The SMILES string of the molecule is CC1(C)c2cc3sc4ccccc4c3cc2N(c2cccc(OC3=CC4c5nccn5-c5ccccc5C4C=C3)c2)c2ncccc21. The third kappa shape index (κ3) is 3.88. The lowest BCUT2D eigenvalue weighted by molar-refractivity contribution is 0.431. The number of allylic oxidation sites excluding steroid dienone is 3. The first-order valence-corrected chi connectivity index (χ1v) is 16.9. The minimum atomic E-state index is -0.216. The summed E-state index contributed by atoms with van der Waals surface area (Å²) in [6, 6.07) is 34.7. The highest BCUT2D eigenvalue weighted by molar-refractivity contribution is 7.25. The van der Waals surface area contributed by atoms with Crippen LogP contribution >= 0.6 is 11.3 Å². The van der Waals surface area contributed by atoms with Gasteiger partial charge in [-0.1, -0.05) is 68.5 Å². The summed E-state index contributed by atoms with van der Waals surface area (Å²) in [5.74, 6) is 3.91. The number of imidazole rings is 1. The number of nitrogens with zero attached hydrogens (tertiary/aromatic N) is 4. The molecule has 1 aliphatic carbocycles. The molecule has 0 bridgehead atoms. The van der Waals surface area contributed by atoms with Crippen LogP contribution in [0.4, 0.5) is 17.2 Å². The number of ether oxygens (including phenoxy) is 1. The quantitative estimate of drug-likeness (QED) is 0.196. The van der Waals surface area contributed by atoms with Gasteiger partial charge in [0.25, 0.3) is 0 Å². The maximum absolute atomic E-state index is 6.64. The zero-order valence-electron chi connectivity index (χ0n) is 26.0. The first-order chi connectivity index (χ1) is 23.0. The summed E-state index contributed by atoms with van der Waals surface area (Å²) in [4.78, 5) is 12.1. The van der Waals surface area contributed by atoms with Gasteiger partial charge in [0.2, 0.25) is 0 Å². The van der Waals surface area contributed by atoms with Crippen molar-refractivity contribution in [1.82, 2.24) is 14.5 Å². The molecule has 0 radical (unpaired) electrons. The Balaban J connectivity index is 1.07. The molecule has 0 N–H and O–H groups in total. The third-order valence-corrected chi connectivity index (χ3v) is 11.2. The lowest BCUT2D eigenvalue weighted by Gasteiger charge is -2.41. The van der Waals surface area contributed by atoms with Gasteiger partial charge in [0.15, 0.2) is 0 Å². The number of para-hydroxylation sites is 1. The number of fused-ring (bicyclic) bond motifs is 11. The van der Waals surface area contributed by atoms with E-state index >= 15 is 0 Å². The molecule has 5 heterocycles. The van der Waals surface area contributed by atoms with E-state index in [2.05, 4.69) is 133 Å². The van der Waals surface area contributed by atoms with Crippen LogP contribution in [0.1, 0.15) is 48.2 Å². The topological polar surface area (TPSA) is 43.2 Å². The molecule has 7 aromatic rings. The normalized spacial score (nSPS) is 18.6. The molecule has 10 rings (SSSR count). The highest BCUT2D eigenvalue weighted by Gasteiger charge is 2.39. The molecule has 0 spiro atoms. The third-order valence-electron chi connectivity index (χ3n) is 10.1. The zero-order valence-corrected chi connectivity index (χ0v) is 26.8. The minimum Gasteiger partial charge on any atom is -0.458 e. The van der Waals surface area contributed by atoms with Gasteiger partial charge in [-0.2, -0.15) is 0 Å². The summed E-state index contributed by atoms with van der Waals surface area (Å²) in [5.41, 5.74) is 6.95. The average Bonchev–Trinajstić information content (AvgIpc) is 3.74. The smallest absolute Gasteiger partial charge is 0.141 e. The summed E-state index contributed by atoms with van der Waals surface area (Å²) < 4.78 is 11.5. The van der Waals surface area contributed by atoms with Crippen LogP contribution in [0, 0.1) is 0 Å². The molecule has 47 heavy (non-hydrogen) atoms. The Morgan fingerprint density at radius 1 is 0.745 bits per heavy atom. The van der Waals surface area contributed by atoms with E-state index in [-0.39, 0.29) is 17.3 Å². The van der Waals surface area contributed by atoms with E-state index in [1.807, 2.05) is 35.9 Å². The number of pyridine rings is 1. The van der Waals surface area contributed by atoms with Gasteiger partial charge in [0, 0.05) is 67.6 Å². The van der Waals surface area contributed by atoms with E-state index in [4.69, 9.17) is 14.7 Å². The molecular weight excluding hydrogens is 597 g/mol. The second-order valence-electron chi connectivity index (χ2n) is 13.1. The average molecular weight is 627 g/mol. The zero-order chi connectivity index (χ0) is 31.3. The Hall–Kier alpha value is -5.46. The summed E-state index contributed by atoms with van der Waals surface area (Å²) >= 11 is 1.86. The number of hydrogen-bond acceptors (Lipinski definition) is 5. The van der Waals surface area contributed by atoms with E-state index in [1.165, 1.54) is 42.6 Å². The second kappa shape index (κ2) is 9.77.